The molecule has 0 spiro atoms. The molecule has 1 aromatic heterocycles. The van der Waals surface area contributed by atoms with E-state index in [1.54, 1.807) is 30.3 Å². The van der Waals surface area contributed by atoms with Gasteiger partial charge in [-0.25, -0.2) is 0 Å². The van der Waals surface area contributed by atoms with Crippen LogP contribution in [0, 0.1) is 11.3 Å². The average molecular weight is 693 g/mol. The Bertz CT molecular complexity index is 1940. The number of nitrogens with zero attached hydrogens (tertiary/aromatic N) is 3. The van der Waals surface area contributed by atoms with E-state index in [9.17, 15) is 14.9 Å². The lowest BCUT2D eigenvalue weighted by atomic mass is 9.83. The van der Waals surface area contributed by atoms with Gasteiger partial charge in [0.1, 0.15) is 10.5 Å². The van der Waals surface area contributed by atoms with Crippen LogP contribution < -0.4 is 59.5 Å². The zero-order valence-corrected chi connectivity index (χ0v) is 29.1. The van der Waals surface area contributed by atoms with Crippen LogP contribution in [0.3, 0.4) is 0 Å². The second-order valence-electron chi connectivity index (χ2n) is 11.1. The fourth-order valence-electron chi connectivity index (χ4n) is 6.06. The van der Waals surface area contributed by atoms with Crippen molar-refractivity contribution in [3.05, 3.63) is 60.5 Å². The minimum atomic E-state index is -0.968. The van der Waals surface area contributed by atoms with E-state index < -0.39 is 17.4 Å². The van der Waals surface area contributed by atoms with Crippen molar-refractivity contribution < 1.29 is 33.2 Å². The van der Waals surface area contributed by atoms with Gasteiger partial charge in [-0.3, -0.25) is 19.1 Å². The van der Waals surface area contributed by atoms with Crippen molar-refractivity contribution in [1.29, 1.82) is 5.26 Å². The zero-order valence-electron chi connectivity index (χ0n) is 28.3. The second-order valence-corrected chi connectivity index (χ2v) is 12.1. The van der Waals surface area contributed by atoms with Crippen LogP contribution in [0.25, 0.3) is 17.5 Å². The summed E-state index contributed by atoms with van der Waals surface area (Å²) in [5.41, 5.74) is 7.42. The predicted molar refractivity (Wildman–Crippen MR) is 185 cm³/mol. The van der Waals surface area contributed by atoms with E-state index in [-0.39, 0.29) is 21.5 Å². The first-order valence-electron chi connectivity index (χ1n) is 15.4. The number of carbonyl (C=O) groups excluding carboxylic acids is 1. The van der Waals surface area contributed by atoms with E-state index in [0.717, 1.165) is 37.5 Å². The van der Waals surface area contributed by atoms with Gasteiger partial charge in [0.05, 0.1) is 70.3 Å². The molecule has 1 atom stereocenters. The van der Waals surface area contributed by atoms with Crippen LogP contribution in [0.5, 0.6) is 34.5 Å². The predicted octanol–water partition coefficient (Wildman–Crippen LogP) is 0.411. The lowest BCUT2D eigenvalue weighted by Gasteiger charge is -2.28. The van der Waals surface area contributed by atoms with Crippen LogP contribution in [0.2, 0.25) is 0 Å². The summed E-state index contributed by atoms with van der Waals surface area (Å²) in [5, 5.41) is 16.9. The Morgan fingerprint density at radius 2 is 1.51 bits per heavy atom. The quantitative estimate of drug-likeness (QED) is 0.239. The van der Waals surface area contributed by atoms with E-state index in [1.165, 1.54) is 47.2 Å². The fourth-order valence-corrected chi connectivity index (χ4v) is 7.24. The first kappa shape index (κ1) is 35.1. The smallest absolute Gasteiger partial charge is 0.274 e. The summed E-state index contributed by atoms with van der Waals surface area (Å²) in [4.78, 5) is 30.6. The number of allylic oxidation sites excluding steroid dienone is 1. The molecule has 1 fully saturated rings. The molecule has 2 aliphatic rings. The van der Waals surface area contributed by atoms with Crippen LogP contribution in [-0.4, -0.2) is 97.3 Å². The second kappa shape index (κ2) is 15.4. The van der Waals surface area contributed by atoms with Gasteiger partial charge in [0.15, 0.2) is 23.0 Å². The molecule has 49 heavy (non-hydrogen) atoms. The molecule has 14 nitrogen and oxygen atoms in total. The summed E-state index contributed by atoms with van der Waals surface area (Å²) >= 11 is 1.09. The lowest BCUT2D eigenvalue weighted by molar-refractivity contribution is -0.116. The highest BCUT2D eigenvalue weighted by molar-refractivity contribution is 7.07. The van der Waals surface area contributed by atoms with E-state index in [1.807, 2.05) is 0 Å². The highest BCUT2D eigenvalue weighted by Gasteiger charge is 2.37. The Hall–Kier alpha value is -5.17. The van der Waals surface area contributed by atoms with Crippen molar-refractivity contribution >= 4 is 34.7 Å². The number of nitrogens with one attached hydrogen (secondary N) is 2. The molecule has 1 saturated heterocycles. The Labute approximate surface area is 287 Å². The van der Waals surface area contributed by atoms with Crippen molar-refractivity contribution in [2.24, 2.45) is 5.73 Å². The summed E-state index contributed by atoms with van der Waals surface area (Å²) in [6, 6.07) is 8.94. The third-order valence-corrected chi connectivity index (χ3v) is 9.55. The SMILES string of the molecule is COc1cc(/C=c2\sc3n(c2=O)C(N)=C(C#N)C(c2cc(OC)c(OC)c(OC)c2)C=3C(=O)NCCN2CCNCC2)cc(OC)c1OC. The number of fused-ring (bicyclic) bond motifs is 1. The maximum Gasteiger partial charge on any atom is 0.274 e. The first-order chi connectivity index (χ1) is 23.7. The van der Waals surface area contributed by atoms with Crippen molar-refractivity contribution in [1.82, 2.24) is 20.1 Å². The lowest BCUT2D eigenvalue weighted by Crippen LogP contribution is -2.47. The van der Waals surface area contributed by atoms with Crippen molar-refractivity contribution in [3.8, 4) is 40.6 Å². The van der Waals surface area contributed by atoms with Crippen molar-refractivity contribution in [2.45, 2.75) is 5.92 Å². The number of amides is 1. The highest BCUT2D eigenvalue weighted by Crippen LogP contribution is 2.44. The van der Waals surface area contributed by atoms with Crippen LogP contribution in [0.15, 0.2) is 34.6 Å². The zero-order chi connectivity index (χ0) is 35.2. The molecule has 2 aromatic carbocycles. The third-order valence-electron chi connectivity index (χ3n) is 8.44. The number of rotatable bonds is 12. The van der Waals surface area contributed by atoms with Gasteiger partial charge in [0, 0.05) is 39.3 Å². The number of piperazine rings is 1. The molecule has 0 radical (unpaired) electrons. The number of hydrogen-bond donors (Lipinski definition) is 3. The van der Waals surface area contributed by atoms with Crippen molar-refractivity contribution in [2.75, 3.05) is 81.9 Å². The van der Waals surface area contributed by atoms with Crippen LogP contribution in [-0.2, 0) is 4.79 Å². The van der Waals surface area contributed by atoms with E-state index in [0.29, 0.717) is 63.4 Å². The highest BCUT2D eigenvalue weighted by atomic mass is 32.1. The van der Waals surface area contributed by atoms with Gasteiger partial charge in [0.25, 0.3) is 11.5 Å². The largest absolute Gasteiger partial charge is 0.493 e. The molecular weight excluding hydrogens is 652 g/mol. The summed E-state index contributed by atoms with van der Waals surface area (Å²) in [7, 11) is 8.95. The Morgan fingerprint density at radius 1 is 0.959 bits per heavy atom. The number of nitrogens with two attached hydrogens (primary N) is 1. The van der Waals surface area contributed by atoms with Crippen LogP contribution in [0.4, 0.5) is 0 Å². The normalized spacial score (nSPS) is 16.5. The molecule has 1 amide bonds. The summed E-state index contributed by atoms with van der Waals surface area (Å²) in [6.45, 7) is 4.46. The number of benzene rings is 2. The molecule has 3 heterocycles. The minimum Gasteiger partial charge on any atom is -0.493 e. The number of nitriles is 1. The molecule has 15 heteroatoms. The Morgan fingerprint density at radius 3 is 2.02 bits per heavy atom. The van der Waals surface area contributed by atoms with E-state index in [4.69, 9.17) is 34.2 Å². The van der Waals surface area contributed by atoms with Crippen molar-refractivity contribution in [3.63, 3.8) is 0 Å². The van der Waals surface area contributed by atoms with Gasteiger partial charge in [-0.05, 0) is 41.5 Å². The molecule has 0 saturated carbocycles. The molecular formula is C34H40N6O8S. The number of methoxy groups -OCH3 is 6. The fraction of sp³-hybridized carbons (Fsp3) is 0.382. The van der Waals surface area contributed by atoms with E-state index >= 15 is 0 Å². The van der Waals surface area contributed by atoms with Gasteiger partial charge in [-0.1, -0.05) is 0 Å². The maximum absolute atomic E-state index is 14.3. The topological polar surface area (TPSA) is 172 Å². The minimum absolute atomic E-state index is 0.0215. The number of thiazole rings is 1. The number of carbonyl (C=O) groups is 1. The van der Waals surface area contributed by atoms with Gasteiger partial charge in [-0.2, -0.15) is 5.26 Å². The number of aromatic nitrogens is 1. The monoisotopic (exact) mass is 692 g/mol. The average Bonchev–Trinajstić information content (AvgIpc) is 3.45. The maximum atomic E-state index is 14.3. The Balaban J connectivity index is 1.75. The molecule has 4 N–H and O–H groups in total. The molecule has 260 valence electrons. The molecule has 5 rings (SSSR count). The molecule has 2 aliphatic heterocycles. The standard InChI is InChI=1S/C34H40N6O8S/c1-43-22-13-19(14-23(44-2)29(22)47-5)15-26-33(42)40-31(36)21(18-35)27(20-16-24(45-3)30(48-6)25(17-20)46-4)28(34(40)49-26)32(41)38-9-12-39-10-7-37-8-11-39/h13-17,27,37H,7-12,36H2,1-6H3,(H,38,41)/b26-15-. The summed E-state index contributed by atoms with van der Waals surface area (Å²) in [5.74, 6) is 0.716. The summed E-state index contributed by atoms with van der Waals surface area (Å²) < 4.78 is 35.0. The summed E-state index contributed by atoms with van der Waals surface area (Å²) in [6.07, 6.45) is 1.65. The first-order valence-corrected chi connectivity index (χ1v) is 16.3. The number of hydrogen-bond acceptors (Lipinski definition) is 13. The van der Waals surface area contributed by atoms with Crippen LogP contribution in [0.1, 0.15) is 17.0 Å². The van der Waals surface area contributed by atoms with Crippen LogP contribution >= 0.6 is 11.3 Å². The molecule has 3 aromatic rings. The van der Waals surface area contributed by atoms with E-state index in [2.05, 4.69) is 21.6 Å². The van der Waals surface area contributed by atoms with Gasteiger partial charge in [-0.15, -0.1) is 11.3 Å². The number of ether oxygens (including phenoxy) is 6. The van der Waals surface area contributed by atoms with Gasteiger partial charge < -0.3 is 44.8 Å². The molecule has 0 aliphatic carbocycles. The Kier molecular flexibility index (Phi) is 11.0. The van der Waals surface area contributed by atoms with Gasteiger partial charge in [0.2, 0.25) is 11.5 Å². The molecule has 0 bridgehead atoms. The van der Waals surface area contributed by atoms with Gasteiger partial charge >= 0.3 is 0 Å². The molecule has 1 unspecified atom stereocenters. The third kappa shape index (κ3) is 6.75.